The van der Waals surface area contributed by atoms with Gasteiger partial charge in [-0.3, -0.25) is 19.2 Å². The van der Waals surface area contributed by atoms with Crippen molar-refractivity contribution in [2.24, 2.45) is 5.73 Å². The number of sulfonamides is 1. The number of aromatic nitrogens is 2. The molecule has 2 amide bonds. The molecule has 17 heteroatoms. The van der Waals surface area contributed by atoms with E-state index in [2.05, 4.69) is 9.80 Å². The Morgan fingerprint density at radius 3 is 2.53 bits per heavy atom. The molecular formula is C34H46F3N7O5S2. The van der Waals surface area contributed by atoms with Crippen LogP contribution in [0.2, 0.25) is 0 Å². The van der Waals surface area contributed by atoms with E-state index in [9.17, 15) is 31.2 Å². The normalized spacial score (nSPS) is 25.2. The molecule has 4 saturated heterocycles. The average Bonchev–Trinajstić information content (AvgIpc) is 3.38. The lowest BCUT2D eigenvalue weighted by Crippen LogP contribution is -2.48. The van der Waals surface area contributed by atoms with Crippen molar-refractivity contribution in [3.8, 4) is 11.3 Å². The van der Waals surface area contributed by atoms with Crippen molar-refractivity contribution in [3.63, 3.8) is 0 Å². The molecule has 1 spiro atoms. The van der Waals surface area contributed by atoms with Crippen molar-refractivity contribution in [2.75, 3.05) is 57.9 Å². The van der Waals surface area contributed by atoms with Gasteiger partial charge in [0.15, 0.2) is 0 Å². The molecule has 2 N–H and O–H groups in total. The van der Waals surface area contributed by atoms with E-state index in [4.69, 9.17) is 15.6 Å². The van der Waals surface area contributed by atoms with Gasteiger partial charge in [0.25, 0.3) is 0 Å². The summed E-state index contributed by atoms with van der Waals surface area (Å²) >= 11 is 0.762. The summed E-state index contributed by atoms with van der Waals surface area (Å²) in [5.41, 5.74) is 7.02. The van der Waals surface area contributed by atoms with Gasteiger partial charge in [0, 0.05) is 66.9 Å². The van der Waals surface area contributed by atoms with Crippen LogP contribution in [0, 0.1) is 0 Å². The monoisotopic (exact) mass is 753 g/mol. The zero-order valence-electron chi connectivity index (χ0n) is 28.9. The highest BCUT2D eigenvalue weighted by atomic mass is 32.2. The minimum Gasteiger partial charge on any atom is -0.368 e. The second-order valence-electron chi connectivity index (χ2n) is 14.4. The Bertz CT molecular complexity index is 1760. The zero-order valence-corrected chi connectivity index (χ0v) is 30.5. The number of alkyl halides is 3. The van der Waals surface area contributed by atoms with Gasteiger partial charge in [0.2, 0.25) is 21.8 Å². The Labute approximate surface area is 300 Å². The van der Waals surface area contributed by atoms with Crippen molar-refractivity contribution in [1.29, 1.82) is 0 Å². The van der Waals surface area contributed by atoms with Crippen LogP contribution in [-0.2, 0) is 50.0 Å². The summed E-state index contributed by atoms with van der Waals surface area (Å²) in [6, 6.07) is 3.56. The Hall–Kier alpha value is -2.70. The van der Waals surface area contributed by atoms with Crippen molar-refractivity contribution >= 4 is 33.6 Å². The zero-order chi connectivity index (χ0) is 36.1. The van der Waals surface area contributed by atoms with Crippen molar-refractivity contribution < 1.29 is 35.9 Å². The fraction of sp³-hybridized carbons (Fsp3) is 0.676. The van der Waals surface area contributed by atoms with E-state index in [0.29, 0.717) is 61.8 Å². The van der Waals surface area contributed by atoms with E-state index in [-0.39, 0.29) is 22.9 Å². The van der Waals surface area contributed by atoms with Crippen LogP contribution in [0.5, 0.6) is 0 Å². The van der Waals surface area contributed by atoms with Crippen LogP contribution in [0.1, 0.15) is 61.8 Å². The number of benzene rings is 1. The number of fused-ring (bicyclic) bond motifs is 1. The number of aryl methyl sites for hydroxylation is 1. The molecule has 0 saturated carbocycles. The Kier molecular flexibility index (Phi) is 10.3. The molecule has 1 unspecified atom stereocenters. The fourth-order valence-corrected chi connectivity index (χ4v) is 10.2. The van der Waals surface area contributed by atoms with Crippen LogP contribution in [0.15, 0.2) is 23.1 Å². The summed E-state index contributed by atoms with van der Waals surface area (Å²) in [7, 11) is -3.52. The number of hydrogen-bond donors (Lipinski definition) is 1. The number of nitrogens with zero attached hydrogens (tertiary/aromatic N) is 6. The Morgan fingerprint density at radius 1 is 1.08 bits per heavy atom. The number of epoxide rings is 1. The van der Waals surface area contributed by atoms with Gasteiger partial charge in [0.1, 0.15) is 11.8 Å². The number of primary amides is 1. The molecule has 4 fully saturated rings. The number of likely N-dealkylation sites (tertiary alicyclic amines) is 3. The van der Waals surface area contributed by atoms with Crippen LogP contribution >= 0.6 is 11.8 Å². The van der Waals surface area contributed by atoms with Crippen molar-refractivity contribution in [2.45, 2.75) is 93.3 Å². The first-order valence-corrected chi connectivity index (χ1v) is 20.7. The fourth-order valence-electron chi connectivity index (χ4n) is 8.45. The molecule has 51 heavy (non-hydrogen) atoms. The summed E-state index contributed by atoms with van der Waals surface area (Å²) in [5.74, 6) is -1.38. The molecule has 6 heterocycles. The third kappa shape index (κ3) is 7.70. The third-order valence-electron chi connectivity index (χ3n) is 11.2. The molecule has 5 aliphatic heterocycles. The van der Waals surface area contributed by atoms with Gasteiger partial charge in [0.05, 0.1) is 29.9 Å². The summed E-state index contributed by atoms with van der Waals surface area (Å²) in [5, 5.41) is 4.91. The van der Waals surface area contributed by atoms with E-state index in [0.717, 1.165) is 88.2 Å². The number of carbonyl (C=O) groups is 2. The Balaban J connectivity index is 1.08. The predicted molar refractivity (Wildman–Crippen MR) is 185 cm³/mol. The van der Waals surface area contributed by atoms with E-state index in [1.165, 1.54) is 27.8 Å². The lowest BCUT2D eigenvalue weighted by Gasteiger charge is -2.38. The molecule has 2 aromatic rings. The number of piperidine rings is 1. The predicted octanol–water partition coefficient (Wildman–Crippen LogP) is 3.13. The van der Waals surface area contributed by atoms with Crippen LogP contribution in [-0.4, -0.2) is 125 Å². The van der Waals surface area contributed by atoms with Gasteiger partial charge in [-0.25, -0.2) is 8.42 Å². The summed E-state index contributed by atoms with van der Waals surface area (Å²) in [6.07, 6.45) is 3.32. The van der Waals surface area contributed by atoms with Gasteiger partial charge in [-0.05, 0) is 76.7 Å². The maximum atomic E-state index is 14.2. The number of rotatable bonds is 11. The van der Waals surface area contributed by atoms with Crippen LogP contribution in [0.4, 0.5) is 13.2 Å². The van der Waals surface area contributed by atoms with E-state index < -0.39 is 39.6 Å². The van der Waals surface area contributed by atoms with Gasteiger partial charge >= 0.3 is 6.18 Å². The molecule has 0 bridgehead atoms. The summed E-state index contributed by atoms with van der Waals surface area (Å²) in [6.45, 7) is 6.17. The molecule has 5 aliphatic rings. The first-order valence-electron chi connectivity index (χ1n) is 17.8. The quantitative estimate of drug-likeness (QED) is 0.271. The first kappa shape index (κ1) is 36.6. The van der Waals surface area contributed by atoms with Crippen molar-refractivity contribution in [1.82, 2.24) is 28.8 Å². The lowest BCUT2D eigenvalue weighted by molar-refractivity contribution is -0.139. The highest BCUT2D eigenvalue weighted by Gasteiger charge is 2.55. The van der Waals surface area contributed by atoms with E-state index >= 15 is 0 Å². The van der Waals surface area contributed by atoms with Gasteiger partial charge in [-0.1, -0.05) is 6.07 Å². The molecule has 1 aromatic carbocycles. The first-order chi connectivity index (χ1) is 24.2. The Morgan fingerprint density at radius 2 is 1.84 bits per heavy atom. The summed E-state index contributed by atoms with van der Waals surface area (Å²) in [4.78, 5) is 31.1. The highest BCUT2D eigenvalue weighted by Crippen LogP contribution is 2.44. The number of amides is 2. The molecule has 0 aliphatic carbocycles. The second-order valence-corrected chi connectivity index (χ2v) is 17.4. The number of hydrogen-bond acceptors (Lipinski definition) is 9. The highest BCUT2D eigenvalue weighted by molar-refractivity contribution is 8.00. The maximum absolute atomic E-state index is 14.2. The summed E-state index contributed by atoms with van der Waals surface area (Å²) < 4.78 is 76.8. The van der Waals surface area contributed by atoms with Gasteiger partial charge in [-0.15, -0.1) is 11.8 Å². The van der Waals surface area contributed by atoms with Crippen molar-refractivity contribution in [3.05, 3.63) is 35.0 Å². The topological polar surface area (TPSA) is 138 Å². The van der Waals surface area contributed by atoms with Crippen LogP contribution in [0.25, 0.3) is 11.3 Å². The molecule has 1 aromatic heterocycles. The van der Waals surface area contributed by atoms with Gasteiger partial charge < -0.3 is 20.3 Å². The van der Waals surface area contributed by atoms with Gasteiger partial charge in [-0.2, -0.15) is 22.6 Å². The number of carbonyl (C=O) groups excluding carboxylic acids is 2. The largest absolute Gasteiger partial charge is 0.417 e. The van der Waals surface area contributed by atoms with E-state index in [1.54, 1.807) is 0 Å². The lowest BCUT2D eigenvalue weighted by atomic mass is 10.0. The van der Waals surface area contributed by atoms with Crippen LogP contribution < -0.4 is 5.73 Å². The minimum atomic E-state index is -4.67. The van der Waals surface area contributed by atoms with E-state index in [1.807, 2.05) is 4.68 Å². The number of halogens is 3. The number of ether oxygens (including phenoxy) is 1. The minimum absolute atomic E-state index is 0.0176. The molecular weight excluding hydrogens is 708 g/mol. The number of nitrogens with two attached hydrogens (primary N) is 1. The average molecular weight is 754 g/mol. The molecule has 0 radical (unpaired) electrons. The number of thioether (sulfide) groups is 1. The third-order valence-corrected chi connectivity index (χ3v) is 13.5. The SMILES string of the molecule is CS(=O)(=O)N1CCc2c(c(-c3ccc(C(F)(F)F)c(SCC(=O)N4CCC[C@@H]4C(N)=O)c3)nn2CCCN2CCC(N3CCCC34CO4)CC2)C1. The second kappa shape index (κ2) is 14.3. The smallest absolute Gasteiger partial charge is 0.368 e. The standard InChI is InChI=1S/C34H46F3N7O5S2/c1-51(47,48)41-18-10-27-25(20-41)31(39-44(27)15-4-12-40-16-8-24(9-17-40)43-14-3-11-33(43)22-49-33)23-6-7-26(34(35,36)37)29(19-23)50-21-30(45)42-13-2-5-28(42)32(38)46/h6-7,19,24,28H,2-5,8-18,20-22H2,1H3,(H2,38,46)/t28-,33?/m1/s1. The molecule has 12 nitrogen and oxygen atoms in total. The molecule has 280 valence electrons. The van der Waals surface area contributed by atoms with Crippen LogP contribution in [0.3, 0.4) is 0 Å². The molecule has 7 rings (SSSR count). The maximum Gasteiger partial charge on any atom is 0.417 e. The molecule has 2 atom stereocenters.